The summed E-state index contributed by atoms with van der Waals surface area (Å²) in [5.74, 6) is -2.30. The van der Waals surface area contributed by atoms with Crippen molar-refractivity contribution in [3.8, 4) is 5.69 Å². The third kappa shape index (κ3) is 4.43. The number of nitrogens with one attached hydrogen (secondary N) is 1. The summed E-state index contributed by atoms with van der Waals surface area (Å²) in [7, 11) is 3.81. The maximum atomic E-state index is 13.7. The highest BCUT2D eigenvalue weighted by molar-refractivity contribution is 6.46. The van der Waals surface area contributed by atoms with Crippen LogP contribution in [0.5, 0.6) is 0 Å². The second kappa shape index (κ2) is 9.51. The summed E-state index contributed by atoms with van der Waals surface area (Å²) in [5.41, 5.74) is 1.38. The van der Waals surface area contributed by atoms with E-state index in [1.165, 1.54) is 29.3 Å². The first-order valence-electron chi connectivity index (χ1n) is 11.1. The first-order chi connectivity index (χ1) is 16.7. The van der Waals surface area contributed by atoms with Crippen molar-refractivity contribution < 1.29 is 24.5 Å². The number of carbonyl (C=O) groups excluding carboxylic acids is 2. The zero-order valence-electron chi connectivity index (χ0n) is 19.6. The van der Waals surface area contributed by atoms with Gasteiger partial charge in [-0.2, -0.15) is 5.10 Å². The van der Waals surface area contributed by atoms with E-state index in [0.717, 1.165) is 10.6 Å². The van der Waals surface area contributed by atoms with Crippen LogP contribution in [0.3, 0.4) is 0 Å². The Hall–Kier alpha value is -4.31. The number of likely N-dealkylation sites (tertiary alicyclic amines) is 1. The van der Waals surface area contributed by atoms with Crippen molar-refractivity contribution in [2.24, 2.45) is 0 Å². The SMILES string of the molecule is Cc1c(C([O-])=C2C(=O)C(=O)N(CC[NH+](C)C)C2c2cccc([N+](=O)[O-])c2)cnn1-c1ccccc1. The minimum Gasteiger partial charge on any atom is -0.872 e. The van der Waals surface area contributed by atoms with Crippen LogP contribution in [-0.4, -0.2) is 58.5 Å². The van der Waals surface area contributed by atoms with Crippen LogP contribution in [0.1, 0.15) is 22.9 Å². The predicted octanol–water partition coefficient (Wildman–Crippen LogP) is 0.457. The van der Waals surface area contributed by atoms with Gasteiger partial charge in [0, 0.05) is 29.0 Å². The number of ketones is 1. The molecule has 0 bridgehead atoms. The van der Waals surface area contributed by atoms with Gasteiger partial charge < -0.3 is 14.9 Å². The van der Waals surface area contributed by atoms with E-state index in [1.54, 1.807) is 17.7 Å². The molecule has 1 atom stereocenters. The molecule has 1 saturated heterocycles. The number of aromatic nitrogens is 2. The fourth-order valence-corrected chi connectivity index (χ4v) is 4.21. The summed E-state index contributed by atoms with van der Waals surface area (Å²) in [6.45, 7) is 2.45. The van der Waals surface area contributed by atoms with E-state index in [0.29, 0.717) is 17.8 Å². The van der Waals surface area contributed by atoms with Crippen molar-refractivity contribution in [3.63, 3.8) is 0 Å². The van der Waals surface area contributed by atoms with Gasteiger partial charge in [-0.25, -0.2) is 4.68 Å². The number of hydrogen-bond acceptors (Lipinski definition) is 6. The first-order valence-corrected chi connectivity index (χ1v) is 11.1. The average molecular weight is 476 g/mol. The van der Waals surface area contributed by atoms with Gasteiger partial charge in [0.1, 0.15) is 0 Å². The van der Waals surface area contributed by atoms with Crippen molar-refractivity contribution in [2.45, 2.75) is 13.0 Å². The molecule has 0 spiro atoms. The number of para-hydroxylation sites is 1. The molecule has 2 aromatic carbocycles. The number of amides is 1. The Morgan fingerprint density at radius 1 is 1.11 bits per heavy atom. The standard InChI is InChI=1S/C25H25N5O5/c1-16-20(15-26-29(16)18-9-5-4-6-10-18)23(31)21-22(17-8-7-11-19(14-17)30(34)35)28(13-12-27(2)3)25(33)24(21)32/h4-11,14-15,22,31H,12-13H2,1-3H3. The molecule has 35 heavy (non-hydrogen) atoms. The number of rotatable bonds is 7. The highest BCUT2D eigenvalue weighted by Crippen LogP contribution is 2.39. The van der Waals surface area contributed by atoms with Crippen LogP contribution in [0.25, 0.3) is 11.4 Å². The molecule has 1 aliphatic rings. The Labute approximate surface area is 201 Å². The molecule has 1 aliphatic heterocycles. The molecule has 0 saturated carbocycles. The maximum Gasteiger partial charge on any atom is 0.295 e. The Morgan fingerprint density at radius 2 is 1.83 bits per heavy atom. The summed E-state index contributed by atoms with van der Waals surface area (Å²) >= 11 is 0. The van der Waals surface area contributed by atoms with E-state index in [9.17, 15) is 24.8 Å². The molecule has 1 unspecified atom stereocenters. The molecular weight excluding hydrogens is 450 g/mol. The summed E-state index contributed by atoms with van der Waals surface area (Å²) in [6, 6.07) is 13.9. The molecule has 3 aromatic rings. The Bertz CT molecular complexity index is 1330. The molecule has 10 heteroatoms. The number of nitro groups is 1. The largest absolute Gasteiger partial charge is 0.872 e. The fourth-order valence-electron chi connectivity index (χ4n) is 4.21. The number of nitrogens with zero attached hydrogens (tertiary/aromatic N) is 4. The van der Waals surface area contributed by atoms with Gasteiger partial charge in [0.25, 0.3) is 11.6 Å². The molecule has 0 radical (unpaired) electrons. The maximum absolute atomic E-state index is 13.7. The van der Waals surface area contributed by atoms with E-state index in [4.69, 9.17) is 0 Å². The lowest BCUT2D eigenvalue weighted by molar-refractivity contribution is -0.857. The van der Waals surface area contributed by atoms with Gasteiger partial charge in [0.05, 0.1) is 50.0 Å². The van der Waals surface area contributed by atoms with Crippen LogP contribution in [0, 0.1) is 17.0 Å². The Morgan fingerprint density at radius 3 is 2.49 bits per heavy atom. The van der Waals surface area contributed by atoms with Crippen molar-refractivity contribution >= 4 is 23.1 Å². The van der Waals surface area contributed by atoms with Crippen LogP contribution >= 0.6 is 0 Å². The van der Waals surface area contributed by atoms with Crippen LogP contribution in [-0.2, 0) is 9.59 Å². The monoisotopic (exact) mass is 475 g/mol. The van der Waals surface area contributed by atoms with E-state index >= 15 is 0 Å². The van der Waals surface area contributed by atoms with Crippen molar-refractivity contribution in [3.05, 3.63) is 93.3 Å². The Kier molecular flexibility index (Phi) is 6.48. The van der Waals surface area contributed by atoms with E-state index in [-0.39, 0.29) is 23.4 Å². The summed E-state index contributed by atoms with van der Waals surface area (Å²) in [5, 5.41) is 29.4. The molecule has 1 aromatic heterocycles. The lowest BCUT2D eigenvalue weighted by atomic mass is 9.95. The molecular formula is C25H25N5O5. The van der Waals surface area contributed by atoms with Gasteiger partial charge >= 0.3 is 0 Å². The number of hydrogen-bond donors (Lipinski definition) is 1. The van der Waals surface area contributed by atoms with Crippen LogP contribution in [0.4, 0.5) is 5.69 Å². The fraction of sp³-hybridized carbons (Fsp3) is 0.240. The lowest BCUT2D eigenvalue weighted by Crippen LogP contribution is -3.06. The topological polar surface area (TPSA) is 126 Å². The van der Waals surface area contributed by atoms with Crippen LogP contribution in [0.2, 0.25) is 0 Å². The molecule has 10 nitrogen and oxygen atoms in total. The lowest BCUT2D eigenvalue weighted by Gasteiger charge is -2.27. The molecule has 1 fully saturated rings. The summed E-state index contributed by atoms with van der Waals surface area (Å²) in [4.78, 5) is 39.4. The number of quaternary nitrogens is 1. The van der Waals surface area contributed by atoms with E-state index in [1.807, 2.05) is 44.4 Å². The molecule has 1 amide bonds. The smallest absolute Gasteiger partial charge is 0.295 e. The average Bonchev–Trinajstić information content (AvgIpc) is 3.35. The first kappa shape index (κ1) is 23.8. The van der Waals surface area contributed by atoms with Crippen molar-refractivity contribution in [1.82, 2.24) is 14.7 Å². The number of nitro benzene ring substituents is 1. The number of likely N-dealkylation sites (N-methyl/N-ethyl adjacent to an activating group) is 1. The third-order valence-electron chi connectivity index (χ3n) is 6.03. The normalized spacial score (nSPS) is 17.4. The summed E-state index contributed by atoms with van der Waals surface area (Å²) in [6.07, 6.45) is 1.38. The molecule has 180 valence electrons. The van der Waals surface area contributed by atoms with Crippen molar-refractivity contribution in [2.75, 3.05) is 27.2 Å². The second-order valence-corrected chi connectivity index (χ2v) is 8.67. The van der Waals surface area contributed by atoms with Gasteiger partial charge in [-0.1, -0.05) is 36.1 Å². The number of Topliss-reactive ketones (excluding diaryl/α,β-unsaturated/α-hetero) is 1. The highest BCUT2D eigenvalue weighted by Gasteiger charge is 2.44. The van der Waals surface area contributed by atoms with Crippen LogP contribution < -0.4 is 10.0 Å². The molecule has 4 rings (SSSR count). The zero-order chi connectivity index (χ0) is 25.3. The number of carbonyl (C=O) groups is 2. The third-order valence-corrected chi connectivity index (χ3v) is 6.03. The van der Waals surface area contributed by atoms with Gasteiger partial charge in [-0.3, -0.25) is 19.7 Å². The predicted molar refractivity (Wildman–Crippen MR) is 125 cm³/mol. The van der Waals surface area contributed by atoms with E-state index < -0.39 is 28.4 Å². The molecule has 2 heterocycles. The quantitative estimate of drug-likeness (QED) is 0.174. The van der Waals surface area contributed by atoms with Gasteiger partial charge in [0.2, 0.25) is 5.78 Å². The number of benzene rings is 2. The van der Waals surface area contributed by atoms with Crippen molar-refractivity contribution in [1.29, 1.82) is 0 Å². The molecule has 1 N–H and O–H groups in total. The number of non-ortho nitro benzene ring substituents is 1. The van der Waals surface area contributed by atoms with E-state index in [2.05, 4.69) is 5.10 Å². The van der Waals surface area contributed by atoms with Gasteiger partial charge in [-0.05, 0) is 24.6 Å². The van der Waals surface area contributed by atoms with Crippen LogP contribution in [0.15, 0.2) is 66.4 Å². The summed E-state index contributed by atoms with van der Waals surface area (Å²) < 4.78 is 1.59. The minimum atomic E-state index is -1.03. The minimum absolute atomic E-state index is 0.188. The molecule has 0 aliphatic carbocycles. The second-order valence-electron chi connectivity index (χ2n) is 8.67. The van der Waals surface area contributed by atoms with Gasteiger partial charge in [-0.15, -0.1) is 0 Å². The Balaban J connectivity index is 1.87. The highest BCUT2D eigenvalue weighted by atomic mass is 16.6. The van der Waals surface area contributed by atoms with Gasteiger partial charge in [0.15, 0.2) is 0 Å². The zero-order valence-corrected chi connectivity index (χ0v) is 19.6.